The van der Waals surface area contributed by atoms with Crippen LogP contribution in [-0.2, 0) is 11.3 Å². The normalized spacial score (nSPS) is 15.2. The molecule has 21 heavy (non-hydrogen) atoms. The first-order valence-corrected chi connectivity index (χ1v) is 7.18. The number of nitrogens with one attached hydrogen (secondary N) is 2. The molecule has 2 amide bonds. The summed E-state index contributed by atoms with van der Waals surface area (Å²) in [6.07, 6.45) is 0.917. The fourth-order valence-corrected chi connectivity index (χ4v) is 2.74. The molecule has 5 heteroatoms. The lowest BCUT2D eigenvalue weighted by Gasteiger charge is -2.29. The predicted octanol–water partition coefficient (Wildman–Crippen LogP) is 3.16. The molecule has 0 spiro atoms. The van der Waals surface area contributed by atoms with E-state index in [1.165, 1.54) is 6.92 Å². The molecular weight excluding hydrogens is 266 g/mol. The molecule has 2 N–H and O–H groups in total. The highest BCUT2D eigenvalue weighted by molar-refractivity contribution is 6.07. The average Bonchev–Trinajstić information content (AvgIpc) is 2.39. The number of hydrogen-bond acceptors (Lipinski definition) is 3. The minimum absolute atomic E-state index is 0.0582. The quantitative estimate of drug-likeness (QED) is 0.816. The van der Waals surface area contributed by atoms with Crippen LogP contribution in [0.15, 0.2) is 18.2 Å². The van der Waals surface area contributed by atoms with Gasteiger partial charge in [-0.1, -0.05) is 19.1 Å². The maximum absolute atomic E-state index is 12.0. The lowest BCUT2D eigenvalue weighted by molar-refractivity contribution is -0.117. The average molecular weight is 287 g/mol. The van der Waals surface area contributed by atoms with E-state index in [9.17, 15) is 9.59 Å². The fourth-order valence-electron chi connectivity index (χ4n) is 2.74. The van der Waals surface area contributed by atoms with E-state index in [0.29, 0.717) is 12.3 Å². The molecule has 1 heterocycles. The van der Waals surface area contributed by atoms with Crippen LogP contribution in [0.1, 0.15) is 44.2 Å². The Bertz CT molecular complexity index is 581. The molecule has 2 rings (SSSR count). The second kappa shape index (κ2) is 6.08. The SMILES string of the molecule is CCCN1Cc2ccc(C(C(C)=N)C(C)=O)cc2NC1=O. The second-order valence-electron chi connectivity index (χ2n) is 5.49. The summed E-state index contributed by atoms with van der Waals surface area (Å²) < 4.78 is 0. The third-order valence-electron chi connectivity index (χ3n) is 3.69. The summed E-state index contributed by atoms with van der Waals surface area (Å²) in [5.41, 5.74) is 2.87. The molecule has 0 saturated heterocycles. The van der Waals surface area contributed by atoms with E-state index in [2.05, 4.69) is 5.32 Å². The van der Waals surface area contributed by atoms with Crippen molar-refractivity contribution in [3.63, 3.8) is 0 Å². The van der Waals surface area contributed by atoms with Crippen molar-refractivity contribution in [3.05, 3.63) is 29.3 Å². The van der Waals surface area contributed by atoms with Crippen molar-refractivity contribution < 1.29 is 9.59 Å². The van der Waals surface area contributed by atoms with E-state index in [-0.39, 0.29) is 11.8 Å². The first-order valence-electron chi connectivity index (χ1n) is 7.18. The van der Waals surface area contributed by atoms with Crippen molar-refractivity contribution in [2.75, 3.05) is 11.9 Å². The molecule has 1 atom stereocenters. The summed E-state index contributed by atoms with van der Waals surface area (Å²) in [4.78, 5) is 25.5. The third-order valence-corrected chi connectivity index (χ3v) is 3.69. The van der Waals surface area contributed by atoms with Gasteiger partial charge in [-0.15, -0.1) is 0 Å². The van der Waals surface area contributed by atoms with Crippen molar-refractivity contribution in [2.24, 2.45) is 0 Å². The van der Waals surface area contributed by atoms with Gasteiger partial charge in [0, 0.05) is 24.5 Å². The number of ketones is 1. The van der Waals surface area contributed by atoms with Crippen LogP contribution in [0.2, 0.25) is 0 Å². The van der Waals surface area contributed by atoms with Gasteiger partial charge in [0.15, 0.2) is 0 Å². The van der Waals surface area contributed by atoms with Crippen LogP contribution in [0.3, 0.4) is 0 Å². The molecule has 0 bridgehead atoms. The molecular formula is C16H21N3O2. The molecule has 5 nitrogen and oxygen atoms in total. The zero-order valence-electron chi connectivity index (χ0n) is 12.7. The van der Waals surface area contributed by atoms with Gasteiger partial charge < -0.3 is 15.6 Å². The monoisotopic (exact) mass is 287 g/mol. The van der Waals surface area contributed by atoms with Crippen LogP contribution in [0.25, 0.3) is 0 Å². The van der Waals surface area contributed by atoms with Crippen molar-refractivity contribution in [1.82, 2.24) is 4.90 Å². The van der Waals surface area contributed by atoms with E-state index >= 15 is 0 Å². The Morgan fingerprint density at radius 3 is 2.71 bits per heavy atom. The van der Waals surface area contributed by atoms with Crippen LogP contribution in [0, 0.1) is 5.41 Å². The number of nitrogens with zero attached hydrogens (tertiary/aromatic N) is 1. The Hall–Kier alpha value is -2.17. The zero-order valence-corrected chi connectivity index (χ0v) is 12.7. The summed E-state index contributed by atoms with van der Waals surface area (Å²) in [6, 6.07) is 5.53. The number of hydrogen-bond donors (Lipinski definition) is 2. The number of carbonyl (C=O) groups is 2. The van der Waals surface area contributed by atoms with Crippen LogP contribution >= 0.6 is 0 Å². The number of anilines is 1. The minimum atomic E-state index is -0.527. The van der Waals surface area contributed by atoms with E-state index in [1.54, 1.807) is 11.8 Å². The van der Waals surface area contributed by atoms with Crippen molar-refractivity contribution in [2.45, 2.75) is 39.7 Å². The molecule has 0 saturated carbocycles. The third kappa shape index (κ3) is 3.12. The molecule has 1 aliphatic rings. The summed E-state index contributed by atoms with van der Waals surface area (Å²) in [6.45, 7) is 6.47. The number of Topliss-reactive ketones (excluding diaryl/α,β-unsaturated/α-hetero) is 1. The Morgan fingerprint density at radius 1 is 1.43 bits per heavy atom. The van der Waals surface area contributed by atoms with Crippen molar-refractivity contribution >= 4 is 23.2 Å². The first kappa shape index (κ1) is 15.2. The maximum Gasteiger partial charge on any atom is 0.322 e. The number of fused-ring (bicyclic) bond motifs is 1. The Kier molecular flexibility index (Phi) is 4.40. The summed E-state index contributed by atoms with van der Waals surface area (Å²) in [5.74, 6) is -0.585. The standard InChI is InChI=1S/C16H21N3O2/c1-4-7-19-9-13-6-5-12(8-14(13)18-16(19)21)15(10(2)17)11(3)20/h5-6,8,15,17H,4,7,9H2,1-3H3,(H,18,21). The molecule has 112 valence electrons. The zero-order chi connectivity index (χ0) is 15.6. The van der Waals surface area contributed by atoms with E-state index in [0.717, 1.165) is 29.8 Å². The van der Waals surface area contributed by atoms with Gasteiger partial charge in [-0.25, -0.2) is 4.79 Å². The van der Waals surface area contributed by atoms with Crippen molar-refractivity contribution in [3.8, 4) is 0 Å². The van der Waals surface area contributed by atoms with E-state index in [4.69, 9.17) is 5.41 Å². The highest BCUT2D eigenvalue weighted by Crippen LogP contribution is 2.28. The Morgan fingerprint density at radius 2 is 2.14 bits per heavy atom. The molecule has 0 aliphatic carbocycles. The van der Waals surface area contributed by atoms with Gasteiger partial charge in [-0.05, 0) is 37.5 Å². The number of benzene rings is 1. The number of urea groups is 1. The number of amides is 2. The molecule has 1 unspecified atom stereocenters. The van der Waals surface area contributed by atoms with E-state index in [1.807, 2.05) is 25.1 Å². The first-order chi connectivity index (χ1) is 9.93. The topological polar surface area (TPSA) is 73.3 Å². The lowest BCUT2D eigenvalue weighted by Crippen LogP contribution is -2.39. The molecule has 1 aliphatic heterocycles. The van der Waals surface area contributed by atoms with Gasteiger partial charge >= 0.3 is 6.03 Å². The molecule has 1 aromatic carbocycles. The largest absolute Gasteiger partial charge is 0.322 e. The van der Waals surface area contributed by atoms with Gasteiger partial charge in [0.2, 0.25) is 0 Å². The maximum atomic E-state index is 12.0. The number of rotatable bonds is 5. The number of carbonyl (C=O) groups excluding carboxylic acids is 2. The summed E-state index contributed by atoms with van der Waals surface area (Å²) >= 11 is 0. The predicted molar refractivity (Wildman–Crippen MR) is 83.0 cm³/mol. The summed E-state index contributed by atoms with van der Waals surface area (Å²) in [5, 5.41) is 10.6. The van der Waals surface area contributed by atoms with Gasteiger partial charge in [-0.2, -0.15) is 0 Å². The second-order valence-corrected chi connectivity index (χ2v) is 5.49. The highest BCUT2D eigenvalue weighted by atomic mass is 16.2. The highest BCUT2D eigenvalue weighted by Gasteiger charge is 2.25. The minimum Gasteiger partial charge on any atom is -0.320 e. The van der Waals surface area contributed by atoms with Crippen LogP contribution in [-0.4, -0.2) is 29.0 Å². The van der Waals surface area contributed by atoms with Crippen molar-refractivity contribution in [1.29, 1.82) is 5.41 Å². The lowest BCUT2D eigenvalue weighted by atomic mass is 9.90. The Balaban J connectivity index is 2.33. The van der Waals surface area contributed by atoms with Crippen LogP contribution in [0.4, 0.5) is 10.5 Å². The van der Waals surface area contributed by atoms with Crippen LogP contribution in [0.5, 0.6) is 0 Å². The van der Waals surface area contributed by atoms with Gasteiger partial charge in [0.1, 0.15) is 5.78 Å². The van der Waals surface area contributed by atoms with Crippen LogP contribution < -0.4 is 5.32 Å². The molecule has 0 fully saturated rings. The van der Waals surface area contributed by atoms with Gasteiger partial charge in [0.05, 0.1) is 5.92 Å². The molecule has 0 aromatic heterocycles. The van der Waals surface area contributed by atoms with Gasteiger partial charge in [-0.3, -0.25) is 4.79 Å². The van der Waals surface area contributed by atoms with E-state index < -0.39 is 5.92 Å². The smallest absolute Gasteiger partial charge is 0.320 e. The molecule has 1 aromatic rings. The fraction of sp³-hybridized carbons (Fsp3) is 0.438. The summed E-state index contributed by atoms with van der Waals surface area (Å²) in [7, 11) is 0. The van der Waals surface area contributed by atoms with Gasteiger partial charge in [0.25, 0.3) is 0 Å². The molecule has 0 radical (unpaired) electrons. The Labute approximate surface area is 124 Å².